The highest BCUT2D eigenvalue weighted by molar-refractivity contribution is 7.98. The van der Waals surface area contributed by atoms with Crippen molar-refractivity contribution in [2.24, 2.45) is 0 Å². The molecule has 0 amide bonds. The Hall–Kier alpha value is -1.80. The summed E-state index contributed by atoms with van der Waals surface area (Å²) >= 11 is 1.72. The minimum absolute atomic E-state index is 0.0569. The van der Waals surface area contributed by atoms with Gasteiger partial charge < -0.3 is 0 Å². The van der Waals surface area contributed by atoms with Crippen LogP contribution in [0.1, 0.15) is 54.1 Å². The smallest absolute Gasteiger partial charge is 0.185 e. The van der Waals surface area contributed by atoms with Gasteiger partial charge in [0.05, 0.1) is 0 Å². The van der Waals surface area contributed by atoms with Crippen LogP contribution in [0.3, 0.4) is 0 Å². The van der Waals surface area contributed by atoms with Crippen LogP contribution in [0, 0.1) is 0 Å². The fourth-order valence-corrected chi connectivity index (χ4v) is 2.98. The average molecular weight is 339 g/mol. The molecule has 2 heteroatoms. The number of ketones is 1. The standard InChI is InChI=1S/C22H26OS/c1-3-4-5-6-7-18-8-13-20(14-9-18)22(23)17-12-19-10-15-21(24-2)16-11-19/h8-17H,3-7H2,1-2H3. The van der Waals surface area contributed by atoms with Gasteiger partial charge in [0.15, 0.2) is 5.78 Å². The molecular weight excluding hydrogens is 312 g/mol. The van der Waals surface area contributed by atoms with E-state index < -0.39 is 0 Å². The molecule has 1 nitrogen and oxygen atoms in total. The first-order valence-electron chi connectivity index (χ1n) is 8.68. The first-order chi connectivity index (χ1) is 11.7. The van der Waals surface area contributed by atoms with Gasteiger partial charge in [-0.05, 0) is 48.4 Å². The fraction of sp³-hybridized carbons (Fsp3) is 0.318. The van der Waals surface area contributed by atoms with Crippen molar-refractivity contribution in [3.8, 4) is 0 Å². The lowest BCUT2D eigenvalue weighted by Crippen LogP contribution is -1.95. The van der Waals surface area contributed by atoms with Crippen molar-refractivity contribution in [2.75, 3.05) is 6.26 Å². The summed E-state index contributed by atoms with van der Waals surface area (Å²) in [6.45, 7) is 2.23. The molecule has 0 aliphatic rings. The number of hydrogen-bond acceptors (Lipinski definition) is 2. The molecule has 0 heterocycles. The average Bonchev–Trinajstić information content (AvgIpc) is 2.64. The van der Waals surface area contributed by atoms with Crippen molar-refractivity contribution in [3.63, 3.8) is 0 Å². The molecule has 24 heavy (non-hydrogen) atoms. The second kappa shape index (κ2) is 10.1. The Morgan fingerprint density at radius 3 is 2.29 bits per heavy atom. The molecule has 0 bridgehead atoms. The van der Waals surface area contributed by atoms with Gasteiger partial charge in [0.25, 0.3) is 0 Å². The molecule has 0 saturated carbocycles. The summed E-state index contributed by atoms with van der Waals surface area (Å²) in [6.07, 6.45) is 11.8. The highest BCUT2D eigenvalue weighted by Gasteiger charge is 2.02. The summed E-state index contributed by atoms with van der Waals surface area (Å²) in [5.74, 6) is 0.0569. The van der Waals surface area contributed by atoms with Crippen LogP contribution in [-0.2, 0) is 6.42 Å². The lowest BCUT2D eigenvalue weighted by molar-refractivity contribution is 0.104. The number of rotatable bonds is 9. The van der Waals surface area contributed by atoms with Crippen LogP contribution in [0.25, 0.3) is 6.08 Å². The summed E-state index contributed by atoms with van der Waals surface area (Å²) in [4.78, 5) is 13.5. The van der Waals surface area contributed by atoms with E-state index in [-0.39, 0.29) is 5.78 Å². The molecule has 0 atom stereocenters. The van der Waals surface area contributed by atoms with Crippen LogP contribution in [0.15, 0.2) is 59.5 Å². The van der Waals surface area contributed by atoms with Crippen LogP contribution in [-0.4, -0.2) is 12.0 Å². The van der Waals surface area contributed by atoms with Crippen LogP contribution < -0.4 is 0 Å². The van der Waals surface area contributed by atoms with E-state index in [0.29, 0.717) is 0 Å². The summed E-state index contributed by atoms with van der Waals surface area (Å²) in [6, 6.07) is 16.3. The van der Waals surface area contributed by atoms with E-state index >= 15 is 0 Å². The lowest BCUT2D eigenvalue weighted by atomic mass is 10.0. The number of allylic oxidation sites excluding steroid dienone is 1. The Bertz CT molecular complexity index is 653. The molecule has 0 aromatic heterocycles. The van der Waals surface area contributed by atoms with E-state index in [9.17, 15) is 4.79 Å². The summed E-state index contributed by atoms with van der Waals surface area (Å²) < 4.78 is 0. The van der Waals surface area contributed by atoms with Crippen LogP contribution in [0.5, 0.6) is 0 Å². The first kappa shape index (κ1) is 18.5. The Morgan fingerprint density at radius 1 is 0.958 bits per heavy atom. The zero-order chi connectivity index (χ0) is 17.2. The maximum atomic E-state index is 12.3. The van der Waals surface area contributed by atoms with E-state index in [1.165, 1.54) is 36.1 Å². The van der Waals surface area contributed by atoms with Crippen molar-refractivity contribution in [1.82, 2.24) is 0 Å². The van der Waals surface area contributed by atoms with Gasteiger partial charge in [-0.25, -0.2) is 0 Å². The number of thioether (sulfide) groups is 1. The van der Waals surface area contributed by atoms with E-state index in [4.69, 9.17) is 0 Å². The predicted octanol–water partition coefficient (Wildman–Crippen LogP) is 6.43. The van der Waals surface area contributed by atoms with Gasteiger partial charge in [0.1, 0.15) is 0 Å². The quantitative estimate of drug-likeness (QED) is 0.227. The summed E-state index contributed by atoms with van der Waals surface area (Å²) in [7, 11) is 0. The molecule has 126 valence electrons. The molecule has 0 aliphatic heterocycles. The molecule has 2 rings (SSSR count). The number of carbonyl (C=O) groups excluding carboxylic acids is 1. The monoisotopic (exact) mass is 338 g/mol. The highest BCUT2D eigenvalue weighted by Crippen LogP contribution is 2.16. The van der Waals surface area contributed by atoms with Crippen molar-refractivity contribution in [1.29, 1.82) is 0 Å². The third-order valence-electron chi connectivity index (χ3n) is 4.10. The third kappa shape index (κ3) is 6.01. The van der Waals surface area contributed by atoms with Gasteiger partial charge in [-0.1, -0.05) is 68.7 Å². The van der Waals surface area contributed by atoms with Crippen molar-refractivity contribution < 1.29 is 4.79 Å². The molecule has 0 N–H and O–H groups in total. The number of unbranched alkanes of at least 4 members (excludes halogenated alkanes) is 3. The SMILES string of the molecule is CCCCCCc1ccc(C(=O)C=Cc2ccc(SC)cc2)cc1. The highest BCUT2D eigenvalue weighted by atomic mass is 32.2. The summed E-state index contributed by atoms with van der Waals surface area (Å²) in [5, 5.41) is 0. The van der Waals surface area contributed by atoms with Crippen LogP contribution >= 0.6 is 11.8 Å². The van der Waals surface area contributed by atoms with Crippen LogP contribution in [0.4, 0.5) is 0 Å². The predicted molar refractivity (Wildman–Crippen MR) is 106 cm³/mol. The van der Waals surface area contributed by atoms with E-state index in [0.717, 1.165) is 17.5 Å². The van der Waals surface area contributed by atoms with Crippen molar-refractivity contribution in [3.05, 3.63) is 71.3 Å². The minimum atomic E-state index is 0.0569. The van der Waals surface area contributed by atoms with Crippen LogP contribution in [0.2, 0.25) is 0 Å². The Balaban J connectivity index is 1.90. The van der Waals surface area contributed by atoms with Gasteiger partial charge in [-0.15, -0.1) is 11.8 Å². The Kier molecular flexibility index (Phi) is 7.84. The molecule has 2 aromatic carbocycles. The van der Waals surface area contributed by atoms with E-state index in [2.05, 4.69) is 37.4 Å². The number of benzene rings is 2. The largest absolute Gasteiger partial charge is 0.289 e. The fourth-order valence-electron chi connectivity index (χ4n) is 2.57. The maximum absolute atomic E-state index is 12.3. The molecule has 0 spiro atoms. The number of hydrogen-bond donors (Lipinski definition) is 0. The minimum Gasteiger partial charge on any atom is -0.289 e. The zero-order valence-corrected chi connectivity index (χ0v) is 15.4. The Labute approximate surface area is 150 Å². The van der Waals surface area contributed by atoms with E-state index in [1.807, 2.05) is 30.3 Å². The normalized spacial score (nSPS) is 11.1. The third-order valence-corrected chi connectivity index (χ3v) is 4.84. The molecule has 0 saturated heterocycles. The Morgan fingerprint density at radius 2 is 1.67 bits per heavy atom. The topological polar surface area (TPSA) is 17.1 Å². The van der Waals surface area contributed by atoms with Crippen molar-refractivity contribution >= 4 is 23.6 Å². The molecule has 0 fully saturated rings. The van der Waals surface area contributed by atoms with Gasteiger partial charge in [-0.2, -0.15) is 0 Å². The van der Waals surface area contributed by atoms with Gasteiger partial charge in [-0.3, -0.25) is 4.79 Å². The molecule has 0 unspecified atom stereocenters. The molecule has 0 aliphatic carbocycles. The second-order valence-corrected chi connectivity index (χ2v) is 6.86. The van der Waals surface area contributed by atoms with Gasteiger partial charge in [0, 0.05) is 10.5 Å². The van der Waals surface area contributed by atoms with Crippen molar-refractivity contribution in [2.45, 2.75) is 43.9 Å². The zero-order valence-electron chi connectivity index (χ0n) is 14.6. The number of aryl methyl sites for hydroxylation is 1. The molecule has 0 radical (unpaired) electrons. The maximum Gasteiger partial charge on any atom is 0.185 e. The molecule has 2 aromatic rings. The lowest BCUT2D eigenvalue weighted by Gasteiger charge is -2.02. The van der Waals surface area contributed by atoms with Gasteiger partial charge in [0.2, 0.25) is 0 Å². The first-order valence-corrected chi connectivity index (χ1v) is 9.91. The van der Waals surface area contributed by atoms with Gasteiger partial charge >= 0.3 is 0 Å². The van der Waals surface area contributed by atoms with E-state index in [1.54, 1.807) is 17.8 Å². The molecular formula is C22H26OS. The second-order valence-electron chi connectivity index (χ2n) is 5.98. The number of carbonyl (C=O) groups is 1. The summed E-state index contributed by atoms with van der Waals surface area (Å²) in [5.41, 5.74) is 3.12.